The van der Waals surface area contributed by atoms with Crippen molar-refractivity contribution in [2.75, 3.05) is 0 Å². The van der Waals surface area contributed by atoms with Gasteiger partial charge in [-0.3, -0.25) is 14.4 Å². The number of unbranched alkanes of at least 4 members (excludes halogenated alkanes) is 8. The van der Waals surface area contributed by atoms with Crippen molar-refractivity contribution in [1.82, 2.24) is 0 Å². The fraction of sp³-hybridized carbons (Fsp3) is 0.850. The van der Waals surface area contributed by atoms with Crippen molar-refractivity contribution in [1.29, 1.82) is 0 Å². The van der Waals surface area contributed by atoms with Gasteiger partial charge in [0.15, 0.2) is 0 Å². The molecule has 0 bridgehead atoms. The van der Waals surface area contributed by atoms with Gasteiger partial charge in [0, 0.05) is 19.3 Å². The highest BCUT2D eigenvalue weighted by atomic mass is 16.4. The number of carbonyl (C=O) groups is 3. The van der Waals surface area contributed by atoms with E-state index in [2.05, 4.69) is 13.8 Å². The summed E-state index contributed by atoms with van der Waals surface area (Å²) >= 11 is 0. The molecule has 0 aliphatic heterocycles. The molecule has 3 N–H and O–H groups in total. The van der Waals surface area contributed by atoms with Crippen LogP contribution in [-0.2, 0) is 14.4 Å². The molecule has 6 heteroatoms. The van der Waals surface area contributed by atoms with E-state index in [4.69, 9.17) is 15.3 Å². The van der Waals surface area contributed by atoms with Crippen molar-refractivity contribution >= 4 is 17.9 Å². The maximum Gasteiger partial charge on any atom is 0.303 e. The Balaban J connectivity index is -0.000000328. The molecule has 0 spiro atoms. The minimum atomic E-state index is -0.711. The first-order valence-corrected chi connectivity index (χ1v) is 9.97. The van der Waals surface area contributed by atoms with Gasteiger partial charge >= 0.3 is 17.9 Å². The Hall–Kier alpha value is -1.59. The van der Waals surface area contributed by atoms with E-state index in [0.29, 0.717) is 19.3 Å². The van der Waals surface area contributed by atoms with Crippen LogP contribution in [0.5, 0.6) is 0 Å². The molecule has 0 aromatic carbocycles. The molecule has 0 aliphatic carbocycles. The van der Waals surface area contributed by atoms with Crippen LogP contribution in [0, 0.1) is 0 Å². The van der Waals surface area contributed by atoms with Gasteiger partial charge in [0.1, 0.15) is 0 Å². The Kier molecular flexibility index (Phi) is 28.8. The lowest BCUT2D eigenvalue weighted by atomic mass is 10.1. The van der Waals surface area contributed by atoms with Crippen molar-refractivity contribution in [3.63, 3.8) is 0 Å². The van der Waals surface area contributed by atoms with Gasteiger partial charge in [-0.05, 0) is 19.3 Å². The quantitative estimate of drug-likeness (QED) is 0.334. The van der Waals surface area contributed by atoms with Crippen molar-refractivity contribution in [3.8, 4) is 0 Å². The number of carboxylic acid groups (broad SMARTS) is 3. The summed E-state index contributed by atoms with van der Waals surface area (Å²) in [7, 11) is 0. The zero-order valence-electron chi connectivity index (χ0n) is 17.0. The highest BCUT2D eigenvalue weighted by Crippen LogP contribution is 2.07. The molecule has 6 nitrogen and oxygen atoms in total. The summed E-state index contributed by atoms with van der Waals surface area (Å²) in [6.07, 6.45) is 12.9. The molecular formula is C20H40O6. The van der Waals surface area contributed by atoms with E-state index < -0.39 is 17.9 Å². The first-order chi connectivity index (χ1) is 12.3. The van der Waals surface area contributed by atoms with E-state index in [1.54, 1.807) is 0 Å². The summed E-state index contributed by atoms with van der Waals surface area (Å²) in [5.74, 6) is -2.06. The summed E-state index contributed by atoms with van der Waals surface area (Å²) in [4.78, 5) is 29.6. The number of rotatable bonds is 14. The van der Waals surface area contributed by atoms with Gasteiger partial charge in [0.2, 0.25) is 0 Å². The predicted molar refractivity (Wildman–Crippen MR) is 105 cm³/mol. The topological polar surface area (TPSA) is 112 Å². The average molecular weight is 377 g/mol. The highest BCUT2D eigenvalue weighted by Gasteiger charge is 1.95. The number of aliphatic carboxylic acids is 3. The number of hydrogen-bond acceptors (Lipinski definition) is 3. The van der Waals surface area contributed by atoms with Crippen LogP contribution in [0.4, 0.5) is 0 Å². The lowest BCUT2D eigenvalue weighted by Crippen LogP contribution is -1.93. The molecule has 0 aromatic heterocycles. The Morgan fingerprint density at radius 2 is 0.769 bits per heavy atom. The number of carboxylic acids is 3. The van der Waals surface area contributed by atoms with Crippen LogP contribution in [0.1, 0.15) is 111 Å². The third-order valence-corrected chi connectivity index (χ3v) is 3.45. The first-order valence-electron chi connectivity index (χ1n) is 9.97. The maximum atomic E-state index is 10.1. The highest BCUT2D eigenvalue weighted by molar-refractivity contribution is 5.67. The lowest BCUT2D eigenvalue weighted by Gasteiger charge is -1.98. The molecule has 0 fully saturated rings. The van der Waals surface area contributed by atoms with E-state index in [1.807, 2.05) is 6.92 Å². The smallest absolute Gasteiger partial charge is 0.303 e. The van der Waals surface area contributed by atoms with E-state index in [1.165, 1.54) is 32.1 Å². The second-order valence-corrected chi connectivity index (χ2v) is 6.26. The Labute approximate surface area is 159 Å². The monoisotopic (exact) mass is 376 g/mol. The van der Waals surface area contributed by atoms with Crippen LogP contribution >= 0.6 is 0 Å². The van der Waals surface area contributed by atoms with Crippen molar-refractivity contribution in [2.45, 2.75) is 111 Å². The largest absolute Gasteiger partial charge is 0.481 e. The van der Waals surface area contributed by atoms with Gasteiger partial charge in [0.05, 0.1) is 0 Å². The Morgan fingerprint density at radius 3 is 1.08 bits per heavy atom. The normalized spacial score (nSPS) is 9.35. The van der Waals surface area contributed by atoms with Crippen molar-refractivity contribution in [3.05, 3.63) is 0 Å². The Bertz CT molecular complexity index is 328. The van der Waals surface area contributed by atoms with E-state index in [9.17, 15) is 14.4 Å². The minimum Gasteiger partial charge on any atom is -0.481 e. The average Bonchev–Trinajstić information content (AvgIpc) is 2.55. The van der Waals surface area contributed by atoms with Crippen LogP contribution in [-0.4, -0.2) is 33.2 Å². The molecule has 0 unspecified atom stereocenters. The zero-order valence-corrected chi connectivity index (χ0v) is 17.0. The molecule has 156 valence electrons. The zero-order chi connectivity index (χ0) is 20.6. The molecule has 0 rings (SSSR count). The van der Waals surface area contributed by atoms with Gasteiger partial charge in [-0.2, -0.15) is 0 Å². The third-order valence-electron chi connectivity index (χ3n) is 3.45. The molecule has 0 saturated carbocycles. The second-order valence-electron chi connectivity index (χ2n) is 6.26. The minimum absolute atomic E-state index is 0.292. The summed E-state index contributed by atoms with van der Waals surface area (Å²) in [5.41, 5.74) is 0. The molecule has 0 atom stereocenters. The van der Waals surface area contributed by atoms with E-state index in [-0.39, 0.29) is 0 Å². The van der Waals surface area contributed by atoms with Crippen LogP contribution in [0.25, 0.3) is 0 Å². The van der Waals surface area contributed by atoms with Gasteiger partial charge < -0.3 is 15.3 Å². The summed E-state index contributed by atoms with van der Waals surface area (Å²) in [6.45, 7) is 6.10. The molecule has 0 amide bonds. The van der Waals surface area contributed by atoms with Crippen molar-refractivity contribution < 1.29 is 29.7 Å². The molecule has 0 heterocycles. The first kappa shape index (κ1) is 29.2. The van der Waals surface area contributed by atoms with Gasteiger partial charge in [-0.25, -0.2) is 0 Å². The fourth-order valence-corrected chi connectivity index (χ4v) is 1.97. The van der Waals surface area contributed by atoms with Gasteiger partial charge in [-0.1, -0.05) is 72.1 Å². The van der Waals surface area contributed by atoms with Crippen LogP contribution in [0.15, 0.2) is 0 Å². The lowest BCUT2D eigenvalue weighted by molar-refractivity contribution is -0.138. The molecular weight excluding hydrogens is 336 g/mol. The maximum absolute atomic E-state index is 10.1. The SMILES string of the molecule is CCCC(=O)O.CCCCCC(=O)O.CCCCCCCCCC(=O)O. The second kappa shape index (κ2) is 25.6. The summed E-state index contributed by atoms with van der Waals surface area (Å²) in [6, 6.07) is 0. The summed E-state index contributed by atoms with van der Waals surface area (Å²) in [5, 5.41) is 24.4. The predicted octanol–water partition coefficient (Wildman–Crippen LogP) is 5.73. The van der Waals surface area contributed by atoms with Crippen molar-refractivity contribution in [2.24, 2.45) is 0 Å². The van der Waals surface area contributed by atoms with E-state index in [0.717, 1.165) is 38.5 Å². The standard InChI is InChI=1S/C10H20O2.C6H12O2.C4H8O2/c1-2-3-4-5-6-7-8-9-10(11)12;1-2-3-4-5-6(7)8;1-2-3-4(5)6/h2-9H2,1H3,(H,11,12);2-5H2,1H3,(H,7,8);2-3H2,1H3,(H,5,6). The molecule has 0 aliphatic rings. The molecule has 0 saturated heterocycles. The third kappa shape index (κ3) is 43.3. The van der Waals surface area contributed by atoms with Crippen LogP contribution < -0.4 is 0 Å². The van der Waals surface area contributed by atoms with Crippen LogP contribution in [0.3, 0.4) is 0 Å². The molecule has 26 heavy (non-hydrogen) atoms. The fourth-order valence-electron chi connectivity index (χ4n) is 1.97. The summed E-state index contributed by atoms with van der Waals surface area (Å²) < 4.78 is 0. The number of hydrogen-bond donors (Lipinski definition) is 3. The van der Waals surface area contributed by atoms with Gasteiger partial charge in [-0.15, -0.1) is 0 Å². The van der Waals surface area contributed by atoms with Gasteiger partial charge in [0.25, 0.3) is 0 Å². The molecule has 0 radical (unpaired) electrons. The Morgan fingerprint density at radius 1 is 0.462 bits per heavy atom. The van der Waals surface area contributed by atoms with E-state index >= 15 is 0 Å². The van der Waals surface area contributed by atoms with Crippen LogP contribution in [0.2, 0.25) is 0 Å². The molecule has 0 aromatic rings.